The normalized spacial score (nSPS) is 11.6. The highest BCUT2D eigenvalue weighted by molar-refractivity contribution is 7.14. The molecule has 6 heteroatoms. The topological polar surface area (TPSA) is 64.4 Å². The van der Waals surface area contributed by atoms with Crippen LogP contribution in [0.3, 0.4) is 0 Å². The van der Waals surface area contributed by atoms with Crippen LogP contribution in [0.2, 0.25) is 0 Å². The number of nitrogens with zero attached hydrogens (tertiary/aromatic N) is 2. The summed E-state index contributed by atoms with van der Waals surface area (Å²) in [5.41, 5.74) is -0.0988. The zero-order valence-corrected chi connectivity index (χ0v) is 13.5. The van der Waals surface area contributed by atoms with Crippen LogP contribution in [0.25, 0.3) is 0 Å². The van der Waals surface area contributed by atoms with Crippen molar-refractivity contribution in [1.29, 1.82) is 0 Å². The summed E-state index contributed by atoms with van der Waals surface area (Å²) < 4.78 is 7.68. The summed E-state index contributed by atoms with van der Waals surface area (Å²) in [6.45, 7) is 9.26. The molecule has 0 bridgehead atoms. The highest BCUT2D eigenvalue weighted by atomic mass is 32.1. The molecule has 21 heavy (non-hydrogen) atoms. The van der Waals surface area contributed by atoms with E-state index in [-0.39, 0.29) is 16.9 Å². The molecule has 0 saturated carbocycles. The van der Waals surface area contributed by atoms with E-state index in [4.69, 9.17) is 4.74 Å². The van der Waals surface area contributed by atoms with Crippen molar-refractivity contribution in [3.05, 3.63) is 34.0 Å². The predicted molar refractivity (Wildman–Crippen MR) is 82.2 cm³/mol. The highest BCUT2D eigenvalue weighted by Gasteiger charge is 2.23. The lowest BCUT2D eigenvalue weighted by atomic mass is 9.95. The Hall–Kier alpha value is -1.82. The maximum absolute atomic E-state index is 11.4. The first-order valence-electron chi connectivity index (χ1n) is 6.83. The van der Waals surface area contributed by atoms with Crippen molar-refractivity contribution in [2.75, 3.05) is 0 Å². The molecule has 0 spiro atoms. The Morgan fingerprint density at radius 1 is 1.48 bits per heavy atom. The number of imidazole rings is 1. The molecule has 0 fully saturated rings. The van der Waals surface area contributed by atoms with Gasteiger partial charge in [-0.25, -0.2) is 9.78 Å². The summed E-state index contributed by atoms with van der Waals surface area (Å²) in [4.78, 5) is 16.8. The summed E-state index contributed by atoms with van der Waals surface area (Å²) >= 11 is 1.27. The monoisotopic (exact) mass is 308 g/mol. The molecule has 0 aliphatic heterocycles. The summed E-state index contributed by atoms with van der Waals surface area (Å²) in [5, 5.41) is 9.31. The largest absolute Gasteiger partial charge is 0.484 e. The van der Waals surface area contributed by atoms with Gasteiger partial charge in [-0.3, -0.25) is 0 Å². The van der Waals surface area contributed by atoms with Crippen molar-refractivity contribution < 1.29 is 14.6 Å². The van der Waals surface area contributed by atoms with Crippen molar-refractivity contribution >= 4 is 17.3 Å². The van der Waals surface area contributed by atoms with Crippen LogP contribution in [0.4, 0.5) is 0 Å². The molecular weight excluding hydrogens is 288 g/mol. The average molecular weight is 308 g/mol. The Labute approximate surface area is 128 Å². The van der Waals surface area contributed by atoms with E-state index in [0.717, 1.165) is 17.2 Å². The molecule has 2 rings (SSSR count). The van der Waals surface area contributed by atoms with E-state index in [1.165, 1.54) is 11.3 Å². The Balaban J connectivity index is 2.23. The number of aryl methyl sites for hydroxylation is 1. The molecule has 0 aliphatic carbocycles. The van der Waals surface area contributed by atoms with E-state index in [9.17, 15) is 9.90 Å². The molecule has 1 N–H and O–H groups in total. The number of rotatable bonds is 5. The quantitative estimate of drug-likeness (QED) is 0.917. The van der Waals surface area contributed by atoms with E-state index in [1.807, 2.05) is 23.8 Å². The van der Waals surface area contributed by atoms with Gasteiger partial charge in [-0.15, -0.1) is 11.3 Å². The van der Waals surface area contributed by atoms with Crippen LogP contribution in [0, 0.1) is 0 Å². The molecule has 0 amide bonds. The second-order valence-corrected chi connectivity index (χ2v) is 6.83. The Morgan fingerprint density at radius 2 is 2.19 bits per heavy atom. The number of carboxylic acid groups (broad SMARTS) is 1. The van der Waals surface area contributed by atoms with Crippen LogP contribution in [0.5, 0.6) is 5.75 Å². The van der Waals surface area contributed by atoms with Gasteiger partial charge in [0.05, 0.1) is 0 Å². The standard InChI is InChI=1S/C15H20N2O3S/c1-5-17-7-6-16-12(17)9-20-10-8-11(15(2,3)4)21-13(10)14(18)19/h6-8H,5,9H2,1-4H3,(H,18,19). The molecule has 0 aromatic carbocycles. The van der Waals surface area contributed by atoms with Crippen molar-refractivity contribution in [3.63, 3.8) is 0 Å². The maximum atomic E-state index is 11.4. The van der Waals surface area contributed by atoms with E-state index in [0.29, 0.717) is 5.75 Å². The number of thiophene rings is 1. The molecule has 0 radical (unpaired) electrons. The zero-order valence-electron chi connectivity index (χ0n) is 12.7. The first-order valence-corrected chi connectivity index (χ1v) is 7.65. The minimum Gasteiger partial charge on any atom is -0.484 e. The molecular formula is C15H20N2O3S. The van der Waals surface area contributed by atoms with Crippen LogP contribution in [-0.4, -0.2) is 20.6 Å². The van der Waals surface area contributed by atoms with Crippen LogP contribution in [0.15, 0.2) is 18.5 Å². The number of hydrogen-bond donors (Lipinski definition) is 1. The van der Waals surface area contributed by atoms with Crippen molar-refractivity contribution in [2.45, 2.75) is 46.3 Å². The zero-order chi connectivity index (χ0) is 15.6. The van der Waals surface area contributed by atoms with Gasteiger partial charge < -0.3 is 14.4 Å². The molecule has 0 saturated heterocycles. The number of aromatic carboxylic acids is 1. The van der Waals surface area contributed by atoms with Crippen molar-refractivity contribution in [1.82, 2.24) is 9.55 Å². The second-order valence-electron chi connectivity index (χ2n) is 5.78. The van der Waals surface area contributed by atoms with E-state index >= 15 is 0 Å². The van der Waals surface area contributed by atoms with Gasteiger partial charge in [-0.1, -0.05) is 20.8 Å². The third-order valence-electron chi connectivity index (χ3n) is 3.13. The number of aromatic nitrogens is 2. The van der Waals surface area contributed by atoms with Gasteiger partial charge >= 0.3 is 5.97 Å². The number of hydrogen-bond acceptors (Lipinski definition) is 4. The molecule has 2 heterocycles. The van der Waals surface area contributed by atoms with Crippen molar-refractivity contribution in [3.8, 4) is 5.75 Å². The molecule has 5 nitrogen and oxygen atoms in total. The fourth-order valence-corrected chi connectivity index (χ4v) is 2.91. The van der Waals surface area contributed by atoms with Gasteiger partial charge in [0.15, 0.2) is 4.88 Å². The highest BCUT2D eigenvalue weighted by Crippen LogP contribution is 2.37. The van der Waals surface area contributed by atoms with E-state index < -0.39 is 5.97 Å². The fourth-order valence-electron chi connectivity index (χ4n) is 1.91. The van der Waals surface area contributed by atoms with Gasteiger partial charge in [-0.05, 0) is 18.4 Å². The van der Waals surface area contributed by atoms with E-state index in [2.05, 4.69) is 25.8 Å². The lowest BCUT2D eigenvalue weighted by Crippen LogP contribution is -2.08. The first-order chi connectivity index (χ1) is 9.82. The third kappa shape index (κ3) is 3.44. The molecule has 0 unspecified atom stereocenters. The number of ether oxygens (including phenoxy) is 1. The second kappa shape index (κ2) is 5.89. The van der Waals surface area contributed by atoms with Crippen LogP contribution in [0.1, 0.15) is 48.1 Å². The Bertz CT molecular complexity index is 638. The van der Waals surface area contributed by atoms with E-state index in [1.54, 1.807) is 6.20 Å². The Kier molecular flexibility index (Phi) is 4.37. The first kappa shape index (κ1) is 15.6. The van der Waals surface area contributed by atoms with Gasteiger partial charge in [0, 0.05) is 23.8 Å². The smallest absolute Gasteiger partial charge is 0.349 e. The number of carboxylic acids is 1. The van der Waals surface area contributed by atoms with Crippen molar-refractivity contribution in [2.24, 2.45) is 0 Å². The summed E-state index contributed by atoms with van der Waals surface area (Å²) in [6.07, 6.45) is 3.60. The molecule has 114 valence electrons. The van der Waals surface area contributed by atoms with Gasteiger partial charge in [-0.2, -0.15) is 0 Å². The lowest BCUT2D eigenvalue weighted by molar-refractivity contribution is 0.0697. The minimum atomic E-state index is -0.954. The van der Waals surface area contributed by atoms with Crippen LogP contribution in [-0.2, 0) is 18.6 Å². The summed E-state index contributed by atoms with van der Waals surface area (Å²) in [7, 11) is 0. The van der Waals surface area contributed by atoms with Gasteiger partial charge in [0.2, 0.25) is 0 Å². The fraction of sp³-hybridized carbons (Fsp3) is 0.467. The van der Waals surface area contributed by atoms with Crippen LogP contribution >= 0.6 is 11.3 Å². The molecule has 0 aliphatic rings. The Morgan fingerprint density at radius 3 is 2.76 bits per heavy atom. The minimum absolute atomic E-state index is 0.0988. The third-order valence-corrected chi connectivity index (χ3v) is 4.66. The maximum Gasteiger partial charge on any atom is 0.349 e. The molecule has 2 aromatic heterocycles. The molecule has 2 aromatic rings. The average Bonchev–Trinajstić information content (AvgIpc) is 3.01. The van der Waals surface area contributed by atoms with Gasteiger partial charge in [0.25, 0.3) is 0 Å². The molecule has 0 atom stereocenters. The summed E-state index contributed by atoms with van der Waals surface area (Å²) in [6, 6.07) is 1.83. The SMILES string of the molecule is CCn1ccnc1COc1cc(C(C)(C)C)sc1C(=O)O. The number of carbonyl (C=O) groups is 1. The lowest BCUT2D eigenvalue weighted by Gasteiger charge is -2.15. The van der Waals surface area contributed by atoms with Crippen LogP contribution < -0.4 is 4.74 Å². The summed E-state index contributed by atoms with van der Waals surface area (Å²) in [5.74, 6) is 0.254. The predicted octanol–water partition coefficient (Wildman–Crippen LogP) is 3.54. The van der Waals surface area contributed by atoms with Gasteiger partial charge in [0.1, 0.15) is 18.2 Å².